The largest absolute Gasteiger partial charge is 0.481 e. The van der Waals surface area contributed by atoms with E-state index in [2.05, 4.69) is 5.32 Å². The van der Waals surface area contributed by atoms with E-state index in [0.717, 1.165) is 5.56 Å². The second-order valence-corrected chi connectivity index (χ2v) is 3.46. The number of nitrogens with one attached hydrogen (secondary N) is 1. The molecule has 1 aromatic carbocycles. The lowest BCUT2D eigenvalue weighted by atomic mass is 10.1. The molecule has 0 heterocycles. The lowest BCUT2D eigenvalue weighted by Crippen LogP contribution is -2.20. The molecule has 0 saturated heterocycles. The highest BCUT2D eigenvalue weighted by Gasteiger charge is 2.09. The summed E-state index contributed by atoms with van der Waals surface area (Å²) in [5.41, 5.74) is 5.71. The van der Waals surface area contributed by atoms with Gasteiger partial charge < -0.3 is 15.8 Å². The van der Waals surface area contributed by atoms with Gasteiger partial charge in [0, 0.05) is 6.04 Å². The first-order valence-electron chi connectivity index (χ1n) is 4.92. The highest BCUT2D eigenvalue weighted by Crippen LogP contribution is 2.21. The Balaban J connectivity index is 2.79. The number of benzene rings is 1. The van der Waals surface area contributed by atoms with Gasteiger partial charge in [-0.1, -0.05) is 6.07 Å². The smallest absolute Gasteiger partial charge is 0.255 e. The summed E-state index contributed by atoms with van der Waals surface area (Å²) in [5, 5.41) is 3.00. The fourth-order valence-electron chi connectivity index (χ4n) is 1.22. The third kappa shape index (κ3) is 3.20. The van der Waals surface area contributed by atoms with E-state index in [1.165, 1.54) is 12.1 Å². The van der Waals surface area contributed by atoms with Gasteiger partial charge in [0.05, 0.1) is 0 Å². The van der Waals surface area contributed by atoms with Crippen LogP contribution in [0.1, 0.15) is 18.5 Å². The maximum Gasteiger partial charge on any atom is 0.255 e. The van der Waals surface area contributed by atoms with Gasteiger partial charge in [-0.05, 0) is 31.7 Å². The molecular weight excluding hydrogens is 211 g/mol. The van der Waals surface area contributed by atoms with Gasteiger partial charge in [0.1, 0.15) is 0 Å². The van der Waals surface area contributed by atoms with Gasteiger partial charge in [-0.15, -0.1) is 0 Å². The number of hydrogen-bond acceptors (Lipinski definition) is 3. The standard InChI is InChI=1S/C11H15FN2O2/c1-7(14-2)8-3-4-10(9(12)5-8)16-6-11(13)15/h3-5,7,14H,6H2,1-2H3,(H2,13,15). The fourth-order valence-corrected chi connectivity index (χ4v) is 1.22. The summed E-state index contributed by atoms with van der Waals surface area (Å²) >= 11 is 0. The molecule has 3 N–H and O–H groups in total. The average Bonchev–Trinajstić information content (AvgIpc) is 2.26. The average molecular weight is 226 g/mol. The van der Waals surface area contributed by atoms with Crippen LogP contribution in [0.3, 0.4) is 0 Å². The molecule has 1 unspecified atom stereocenters. The van der Waals surface area contributed by atoms with E-state index >= 15 is 0 Å². The predicted molar refractivity (Wildman–Crippen MR) is 58.6 cm³/mol. The van der Waals surface area contributed by atoms with Crippen molar-refractivity contribution in [3.63, 3.8) is 0 Å². The Morgan fingerprint density at radius 2 is 2.31 bits per heavy atom. The Hall–Kier alpha value is -1.62. The number of carbonyl (C=O) groups is 1. The van der Waals surface area contributed by atoms with Crippen LogP contribution in [-0.2, 0) is 4.79 Å². The number of nitrogens with two attached hydrogens (primary N) is 1. The van der Waals surface area contributed by atoms with Crippen LogP contribution in [0, 0.1) is 5.82 Å². The Bertz CT molecular complexity index is 382. The van der Waals surface area contributed by atoms with Crippen LogP contribution < -0.4 is 15.8 Å². The van der Waals surface area contributed by atoms with Crippen molar-refractivity contribution in [3.05, 3.63) is 29.6 Å². The summed E-state index contributed by atoms with van der Waals surface area (Å²) in [4.78, 5) is 10.5. The number of carbonyl (C=O) groups excluding carboxylic acids is 1. The molecule has 1 aromatic rings. The first-order valence-corrected chi connectivity index (χ1v) is 4.92. The minimum absolute atomic E-state index is 0.0332. The highest BCUT2D eigenvalue weighted by atomic mass is 19.1. The zero-order valence-corrected chi connectivity index (χ0v) is 9.29. The summed E-state index contributed by atoms with van der Waals surface area (Å²) in [6, 6.07) is 4.65. The van der Waals surface area contributed by atoms with Gasteiger partial charge in [-0.25, -0.2) is 4.39 Å². The fraction of sp³-hybridized carbons (Fsp3) is 0.364. The maximum absolute atomic E-state index is 13.5. The van der Waals surface area contributed by atoms with Crippen LogP contribution in [0.25, 0.3) is 0 Å². The van der Waals surface area contributed by atoms with Gasteiger partial charge in [0.25, 0.3) is 5.91 Å². The van der Waals surface area contributed by atoms with Crippen LogP contribution in [-0.4, -0.2) is 19.6 Å². The molecule has 88 valence electrons. The maximum atomic E-state index is 13.5. The zero-order chi connectivity index (χ0) is 12.1. The Morgan fingerprint density at radius 3 is 2.81 bits per heavy atom. The van der Waals surface area contributed by atoms with E-state index in [0.29, 0.717) is 0 Å². The van der Waals surface area contributed by atoms with Crippen molar-refractivity contribution in [3.8, 4) is 5.75 Å². The van der Waals surface area contributed by atoms with Crippen molar-refractivity contribution < 1.29 is 13.9 Å². The van der Waals surface area contributed by atoms with E-state index in [4.69, 9.17) is 10.5 Å². The first kappa shape index (κ1) is 12.4. The molecule has 0 bridgehead atoms. The van der Waals surface area contributed by atoms with E-state index in [1.807, 2.05) is 6.92 Å². The predicted octanol–water partition coefficient (Wildman–Crippen LogP) is 0.970. The lowest BCUT2D eigenvalue weighted by molar-refractivity contribution is -0.120. The molecule has 0 saturated carbocycles. The number of hydrogen-bond donors (Lipinski definition) is 2. The van der Waals surface area contributed by atoms with Gasteiger partial charge in [0.15, 0.2) is 18.2 Å². The van der Waals surface area contributed by atoms with Crippen molar-refractivity contribution in [1.29, 1.82) is 0 Å². The monoisotopic (exact) mass is 226 g/mol. The normalized spacial score (nSPS) is 12.2. The van der Waals surface area contributed by atoms with Gasteiger partial charge in [-0.2, -0.15) is 0 Å². The molecule has 4 nitrogen and oxygen atoms in total. The summed E-state index contributed by atoms with van der Waals surface area (Å²) in [6.45, 7) is 1.59. The molecule has 16 heavy (non-hydrogen) atoms. The van der Waals surface area contributed by atoms with E-state index in [-0.39, 0.29) is 18.4 Å². The molecule has 5 heteroatoms. The molecule has 0 aliphatic rings. The Morgan fingerprint density at radius 1 is 1.62 bits per heavy atom. The first-order chi connectivity index (χ1) is 7.54. The Labute approximate surface area is 93.6 Å². The summed E-state index contributed by atoms with van der Waals surface area (Å²) < 4.78 is 18.4. The summed E-state index contributed by atoms with van der Waals surface area (Å²) in [7, 11) is 1.79. The molecular formula is C11H15FN2O2. The number of primary amides is 1. The second-order valence-electron chi connectivity index (χ2n) is 3.46. The van der Waals surface area contributed by atoms with Crippen molar-refractivity contribution in [2.75, 3.05) is 13.7 Å². The molecule has 1 rings (SSSR count). The lowest BCUT2D eigenvalue weighted by Gasteiger charge is -2.12. The molecule has 0 spiro atoms. The van der Waals surface area contributed by atoms with Crippen LogP contribution in [0.4, 0.5) is 4.39 Å². The van der Waals surface area contributed by atoms with Crippen molar-refractivity contribution >= 4 is 5.91 Å². The molecule has 1 amide bonds. The van der Waals surface area contributed by atoms with Crippen LogP contribution in [0.5, 0.6) is 5.75 Å². The van der Waals surface area contributed by atoms with Crippen molar-refractivity contribution in [2.45, 2.75) is 13.0 Å². The van der Waals surface area contributed by atoms with E-state index in [1.54, 1.807) is 13.1 Å². The van der Waals surface area contributed by atoms with Gasteiger partial charge in [0.2, 0.25) is 0 Å². The number of ether oxygens (including phenoxy) is 1. The van der Waals surface area contributed by atoms with Crippen LogP contribution in [0.15, 0.2) is 18.2 Å². The van der Waals surface area contributed by atoms with Crippen molar-refractivity contribution in [1.82, 2.24) is 5.32 Å². The topological polar surface area (TPSA) is 64.3 Å². The van der Waals surface area contributed by atoms with Crippen molar-refractivity contribution in [2.24, 2.45) is 5.73 Å². The quantitative estimate of drug-likeness (QED) is 0.786. The molecule has 0 aromatic heterocycles. The third-order valence-corrected chi connectivity index (χ3v) is 2.26. The number of rotatable bonds is 5. The summed E-state index contributed by atoms with van der Waals surface area (Å²) in [5.74, 6) is -1.10. The SMILES string of the molecule is CNC(C)c1ccc(OCC(N)=O)c(F)c1. The van der Waals surface area contributed by atoms with Crippen LogP contribution >= 0.6 is 0 Å². The number of amides is 1. The number of halogens is 1. The van der Waals surface area contributed by atoms with E-state index in [9.17, 15) is 9.18 Å². The minimum atomic E-state index is -0.632. The molecule has 1 atom stereocenters. The second kappa shape index (κ2) is 5.46. The summed E-state index contributed by atoms with van der Waals surface area (Å²) in [6.07, 6.45) is 0. The third-order valence-electron chi connectivity index (χ3n) is 2.26. The molecule has 0 fully saturated rings. The van der Waals surface area contributed by atoms with Gasteiger partial charge >= 0.3 is 0 Å². The minimum Gasteiger partial charge on any atom is -0.481 e. The molecule has 0 radical (unpaired) electrons. The zero-order valence-electron chi connectivity index (χ0n) is 9.29. The Kier molecular flexibility index (Phi) is 4.25. The van der Waals surface area contributed by atoms with E-state index < -0.39 is 11.7 Å². The van der Waals surface area contributed by atoms with Crippen LogP contribution in [0.2, 0.25) is 0 Å². The highest BCUT2D eigenvalue weighted by molar-refractivity contribution is 5.75. The molecule has 0 aliphatic heterocycles. The van der Waals surface area contributed by atoms with Gasteiger partial charge in [-0.3, -0.25) is 4.79 Å². The molecule has 0 aliphatic carbocycles.